The molecule has 11 heteroatoms. The van der Waals surface area contributed by atoms with E-state index in [2.05, 4.69) is 19.8 Å². The highest BCUT2D eigenvalue weighted by Crippen LogP contribution is 2.32. The molecule has 0 atom stereocenters. The number of nitrogens with one attached hydrogen (secondary N) is 1. The molecule has 0 aliphatic carbocycles. The number of para-hydroxylation sites is 2. The molecule has 32 heavy (non-hydrogen) atoms. The van der Waals surface area contributed by atoms with Crippen molar-refractivity contribution >= 4 is 5.91 Å². The van der Waals surface area contributed by atoms with Gasteiger partial charge in [0.2, 0.25) is 0 Å². The number of hydrogen-bond acceptors (Lipinski definition) is 4. The van der Waals surface area contributed by atoms with Gasteiger partial charge in [-0.15, -0.1) is 26.3 Å². The van der Waals surface area contributed by atoms with Crippen molar-refractivity contribution in [2.24, 2.45) is 0 Å². The van der Waals surface area contributed by atoms with Crippen molar-refractivity contribution in [1.29, 1.82) is 0 Å². The number of halogens is 6. The number of pyridine rings is 1. The van der Waals surface area contributed by atoms with E-state index in [1.807, 2.05) is 0 Å². The van der Waals surface area contributed by atoms with Crippen molar-refractivity contribution in [2.75, 3.05) is 0 Å². The summed E-state index contributed by atoms with van der Waals surface area (Å²) in [5.41, 5.74) is 0.346. The van der Waals surface area contributed by atoms with Crippen molar-refractivity contribution in [1.82, 2.24) is 10.3 Å². The van der Waals surface area contributed by atoms with Crippen LogP contribution in [0.25, 0.3) is 11.3 Å². The Bertz CT molecular complexity index is 1080. The molecule has 1 amide bonds. The number of hydrogen-bond donors (Lipinski definition) is 1. The molecule has 0 bridgehead atoms. The van der Waals surface area contributed by atoms with E-state index in [9.17, 15) is 31.1 Å². The highest BCUT2D eigenvalue weighted by Gasteiger charge is 2.33. The molecule has 0 aliphatic rings. The number of rotatable bonds is 6. The number of ether oxygens (including phenoxy) is 2. The van der Waals surface area contributed by atoms with Gasteiger partial charge in [0.25, 0.3) is 5.91 Å². The first-order valence-corrected chi connectivity index (χ1v) is 8.95. The molecular formula is C21H14F6N2O3. The standard InChI is InChI=1S/C21H14F6N2O3/c22-20(23,24)31-17-7-3-1-5-13(17)11-29-19(30)14-9-10-16(28-12-14)15-6-2-4-8-18(15)32-21(25,26)27/h1-10,12H,11H2,(H,29,30). The van der Waals surface area contributed by atoms with Crippen molar-refractivity contribution in [3.05, 3.63) is 78.0 Å². The molecule has 0 saturated carbocycles. The second kappa shape index (κ2) is 9.16. The molecule has 0 radical (unpaired) electrons. The lowest BCUT2D eigenvalue weighted by atomic mass is 10.1. The lowest BCUT2D eigenvalue weighted by Gasteiger charge is -2.14. The summed E-state index contributed by atoms with van der Waals surface area (Å²) >= 11 is 0. The highest BCUT2D eigenvalue weighted by atomic mass is 19.4. The molecule has 1 N–H and O–H groups in total. The van der Waals surface area contributed by atoms with Crippen LogP contribution in [0.2, 0.25) is 0 Å². The lowest BCUT2D eigenvalue weighted by molar-refractivity contribution is -0.275. The van der Waals surface area contributed by atoms with Crippen molar-refractivity contribution < 1.29 is 40.6 Å². The second-order valence-electron chi connectivity index (χ2n) is 6.31. The molecule has 0 spiro atoms. The third-order valence-corrected chi connectivity index (χ3v) is 4.05. The van der Waals surface area contributed by atoms with E-state index in [0.717, 1.165) is 18.3 Å². The summed E-state index contributed by atoms with van der Waals surface area (Å²) in [4.78, 5) is 16.3. The normalized spacial score (nSPS) is 11.7. The molecule has 0 fully saturated rings. The number of aromatic nitrogens is 1. The maximum atomic E-state index is 12.6. The Morgan fingerprint density at radius 2 is 1.41 bits per heavy atom. The molecule has 2 aromatic carbocycles. The van der Waals surface area contributed by atoms with Gasteiger partial charge in [0, 0.05) is 23.9 Å². The quantitative estimate of drug-likeness (QED) is 0.500. The molecule has 3 rings (SSSR count). The minimum atomic E-state index is -4.89. The van der Waals surface area contributed by atoms with Gasteiger partial charge in [-0.1, -0.05) is 30.3 Å². The van der Waals surface area contributed by atoms with Crippen LogP contribution in [0.4, 0.5) is 26.3 Å². The fraction of sp³-hybridized carbons (Fsp3) is 0.143. The first-order chi connectivity index (χ1) is 15.0. The average Bonchev–Trinajstić information content (AvgIpc) is 2.71. The van der Waals surface area contributed by atoms with Gasteiger partial charge >= 0.3 is 12.7 Å². The highest BCUT2D eigenvalue weighted by molar-refractivity contribution is 5.94. The van der Waals surface area contributed by atoms with Crippen LogP contribution in [-0.2, 0) is 6.54 Å². The molecule has 0 unspecified atom stereocenters. The van der Waals surface area contributed by atoms with E-state index in [1.165, 1.54) is 48.5 Å². The fourth-order valence-electron chi connectivity index (χ4n) is 2.73. The van der Waals surface area contributed by atoms with E-state index in [-0.39, 0.29) is 28.9 Å². The minimum Gasteiger partial charge on any atom is -0.405 e. The van der Waals surface area contributed by atoms with Crippen LogP contribution in [0.1, 0.15) is 15.9 Å². The van der Waals surface area contributed by atoms with Gasteiger partial charge in [0.1, 0.15) is 11.5 Å². The zero-order valence-electron chi connectivity index (χ0n) is 16.0. The zero-order valence-corrected chi connectivity index (χ0v) is 16.0. The minimum absolute atomic E-state index is 0.0530. The Balaban J connectivity index is 1.71. The SMILES string of the molecule is O=C(NCc1ccccc1OC(F)(F)F)c1ccc(-c2ccccc2OC(F)(F)F)nc1. The molecule has 0 saturated heterocycles. The van der Waals surface area contributed by atoms with Crippen LogP contribution in [0.15, 0.2) is 66.9 Å². The first-order valence-electron chi connectivity index (χ1n) is 8.95. The van der Waals surface area contributed by atoms with Crippen molar-refractivity contribution in [3.63, 3.8) is 0 Å². The Morgan fingerprint density at radius 3 is 2.03 bits per heavy atom. The van der Waals surface area contributed by atoms with Crippen LogP contribution < -0.4 is 14.8 Å². The maximum Gasteiger partial charge on any atom is 0.573 e. The molecule has 1 aromatic heterocycles. The molecule has 168 valence electrons. The fourth-order valence-corrected chi connectivity index (χ4v) is 2.73. The van der Waals surface area contributed by atoms with E-state index in [4.69, 9.17) is 0 Å². The summed E-state index contributed by atoms with van der Waals surface area (Å²) in [6, 6.07) is 13.3. The van der Waals surface area contributed by atoms with Crippen LogP contribution in [-0.4, -0.2) is 23.6 Å². The number of carbonyl (C=O) groups is 1. The average molecular weight is 456 g/mol. The lowest BCUT2D eigenvalue weighted by Crippen LogP contribution is -2.24. The Morgan fingerprint density at radius 1 is 0.812 bits per heavy atom. The van der Waals surface area contributed by atoms with Crippen molar-refractivity contribution in [3.8, 4) is 22.8 Å². The smallest absolute Gasteiger partial charge is 0.405 e. The number of alkyl halides is 6. The maximum absolute atomic E-state index is 12.6. The zero-order chi connectivity index (χ0) is 23.4. The van der Waals surface area contributed by atoms with Gasteiger partial charge in [0.05, 0.1) is 11.3 Å². The van der Waals surface area contributed by atoms with Crippen molar-refractivity contribution in [2.45, 2.75) is 19.3 Å². The van der Waals surface area contributed by atoms with Gasteiger partial charge in [-0.25, -0.2) is 0 Å². The second-order valence-corrected chi connectivity index (χ2v) is 6.31. The summed E-state index contributed by atoms with van der Waals surface area (Å²) in [7, 11) is 0. The van der Waals surface area contributed by atoms with Gasteiger partial charge < -0.3 is 14.8 Å². The molecule has 3 aromatic rings. The summed E-state index contributed by atoms with van der Waals surface area (Å²) < 4.78 is 83.1. The Hall–Kier alpha value is -3.76. The third kappa shape index (κ3) is 6.37. The summed E-state index contributed by atoms with van der Waals surface area (Å²) in [6.07, 6.45) is -8.64. The van der Waals surface area contributed by atoms with Crippen LogP contribution in [0, 0.1) is 0 Å². The predicted molar refractivity (Wildman–Crippen MR) is 101 cm³/mol. The van der Waals surface area contributed by atoms with Gasteiger partial charge in [-0.2, -0.15) is 0 Å². The summed E-state index contributed by atoms with van der Waals surface area (Å²) in [6.45, 7) is -0.255. The number of nitrogens with zero attached hydrogens (tertiary/aromatic N) is 1. The number of amides is 1. The Labute approximate surface area is 177 Å². The molecule has 5 nitrogen and oxygen atoms in total. The van der Waals surface area contributed by atoms with Crippen LogP contribution in [0.3, 0.4) is 0 Å². The third-order valence-electron chi connectivity index (χ3n) is 4.05. The van der Waals surface area contributed by atoms with E-state index >= 15 is 0 Å². The van der Waals surface area contributed by atoms with Crippen LogP contribution >= 0.6 is 0 Å². The van der Waals surface area contributed by atoms with E-state index in [1.54, 1.807) is 0 Å². The molecule has 1 heterocycles. The van der Waals surface area contributed by atoms with Gasteiger partial charge in [0.15, 0.2) is 0 Å². The molecule has 0 aliphatic heterocycles. The molecular weight excluding hydrogens is 442 g/mol. The first kappa shape index (κ1) is 22.9. The summed E-state index contributed by atoms with van der Waals surface area (Å²) in [5, 5.41) is 2.44. The predicted octanol–water partition coefficient (Wildman–Crippen LogP) is 5.48. The summed E-state index contributed by atoms with van der Waals surface area (Å²) in [5.74, 6) is -1.55. The van der Waals surface area contributed by atoms with E-state index in [0.29, 0.717) is 0 Å². The van der Waals surface area contributed by atoms with Gasteiger partial charge in [-0.3, -0.25) is 9.78 Å². The number of carbonyl (C=O) groups excluding carboxylic acids is 1. The monoisotopic (exact) mass is 456 g/mol. The van der Waals surface area contributed by atoms with E-state index < -0.39 is 30.1 Å². The Kier molecular flexibility index (Phi) is 6.56. The topological polar surface area (TPSA) is 60.5 Å². The largest absolute Gasteiger partial charge is 0.573 e. The van der Waals surface area contributed by atoms with Crippen LogP contribution in [0.5, 0.6) is 11.5 Å². The van der Waals surface area contributed by atoms with Gasteiger partial charge in [-0.05, 0) is 30.3 Å². The number of benzene rings is 2.